The highest BCUT2D eigenvalue weighted by atomic mass is 35.5. The van der Waals surface area contributed by atoms with Crippen molar-refractivity contribution in [3.8, 4) is 5.75 Å². The number of ether oxygens (including phenoxy) is 1. The number of nitrogens with one attached hydrogen (secondary N) is 1. The molecule has 0 saturated heterocycles. The number of hydrogen-bond donors (Lipinski definition) is 2. The maximum atomic E-state index is 11.6. The highest BCUT2D eigenvalue weighted by Gasteiger charge is 2.18. The second-order valence-corrected chi connectivity index (χ2v) is 5.34. The minimum Gasteiger partial charge on any atom is -0.482 e. The first-order valence-corrected chi connectivity index (χ1v) is 6.18. The molecule has 0 aliphatic heterocycles. The van der Waals surface area contributed by atoms with E-state index >= 15 is 0 Å². The number of hydrogen-bond acceptors (Lipinski definition) is 3. The molecule has 0 aliphatic rings. The van der Waals surface area contributed by atoms with Crippen molar-refractivity contribution in [2.24, 2.45) is 5.73 Å². The molecule has 1 rings (SSSR count). The minimum atomic E-state index is -0.454. The van der Waals surface area contributed by atoms with Crippen LogP contribution in [0.25, 0.3) is 0 Å². The summed E-state index contributed by atoms with van der Waals surface area (Å²) in [5.41, 5.74) is 5.06. The summed E-state index contributed by atoms with van der Waals surface area (Å²) in [4.78, 5) is 11.6. The molecule has 0 bridgehead atoms. The van der Waals surface area contributed by atoms with Gasteiger partial charge in [0.15, 0.2) is 6.61 Å². The van der Waals surface area contributed by atoms with E-state index < -0.39 is 5.54 Å². The fourth-order valence-corrected chi connectivity index (χ4v) is 1.66. The van der Waals surface area contributed by atoms with E-state index in [0.717, 1.165) is 0 Å². The van der Waals surface area contributed by atoms with Crippen LogP contribution in [0.3, 0.4) is 0 Å². The second kappa shape index (κ2) is 7.80. The molecule has 0 radical (unpaired) electrons. The summed E-state index contributed by atoms with van der Waals surface area (Å²) >= 11 is 11.7. The standard InChI is InChI=1S/C12H16Cl2N2O2.ClH/c1-12(2,7-15)16-11(17)6-18-10-4-3-8(13)5-9(10)14;/h3-5H,6-7,15H2,1-2H3,(H,16,17);1H. The molecule has 0 heterocycles. The van der Waals surface area contributed by atoms with E-state index in [9.17, 15) is 4.79 Å². The molecule has 0 unspecified atom stereocenters. The molecule has 1 aromatic rings. The van der Waals surface area contributed by atoms with E-state index in [2.05, 4.69) is 5.32 Å². The second-order valence-electron chi connectivity index (χ2n) is 4.50. The zero-order valence-corrected chi connectivity index (χ0v) is 13.0. The van der Waals surface area contributed by atoms with Gasteiger partial charge in [0.1, 0.15) is 5.75 Å². The number of benzene rings is 1. The van der Waals surface area contributed by atoms with Crippen LogP contribution < -0.4 is 15.8 Å². The van der Waals surface area contributed by atoms with Gasteiger partial charge in [0.25, 0.3) is 5.91 Å². The first-order valence-electron chi connectivity index (χ1n) is 5.43. The van der Waals surface area contributed by atoms with Crippen LogP contribution in [0.5, 0.6) is 5.75 Å². The Kier molecular flexibility index (Phi) is 7.52. The number of halogens is 3. The van der Waals surface area contributed by atoms with E-state index in [4.69, 9.17) is 33.7 Å². The quantitative estimate of drug-likeness (QED) is 0.874. The van der Waals surface area contributed by atoms with Crippen molar-refractivity contribution in [3.05, 3.63) is 28.2 Å². The lowest BCUT2D eigenvalue weighted by Crippen LogP contribution is -2.50. The molecule has 0 saturated carbocycles. The highest BCUT2D eigenvalue weighted by Crippen LogP contribution is 2.27. The number of carbonyl (C=O) groups is 1. The van der Waals surface area contributed by atoms with Crippen LogP contribution in [0.15, 0.2) is 18.2 Å². The predicted molar refractivity (Wildman–Crippen MR) is 80.5 cm³/mol. The van der Waals surface area contributed by atoms with Crippen LogP contribution in [0.4, 0.5) is 0 Å². The molecular weight excluding hydrogens is 311 g/mol. The Balaban J connectivity index is 0.00000324. The fourth-order valence-electron chi connectivity index (χ4n) is 1.20. The molecule has 0 aromatic heterocycles. The smallest absolute Gasteiger partial charge is 0.258 e. The van der Waals surface area contributed by atoms with Crippen LogP contribution in [0.2, 0.25) is 10.0 Å². The van der Waals surface area contributed by atoms with Gasteiger partial charge in [0, 0.05) is 17.1 Å². The normalized spacial score (nSPS) is 10.6. The van der Waals surface area contributed by atoms with Crippen molar-refractivity contribution in [1.82, 2.24) is 5.32 Å². The van der Waals surface area contributed by atoms with E-state index in [-0.39, 0.29) is 24.9 Å². The van der Waals surface area contributed by atoms with E-state index in [1.807, 2.05) is 13.8 Å². The van der Waals surface area contributed by atoms with Crippen LogP contribution in [0, 0.1) is 0 Å². The summed E-state index contributed by atoms with van der Waals surface area (Å²) < 4.78 is 5.30. The molecule has 19 heavy (non-hydrogen) atoms. The summed E-state index contributed by atoms with van der Waals surface area (Å²) in [6, 6.07) is 4.82. The van der Waals surface area contributed by atoms with Gasteiger partial charge in [-0.15, -0.1) is 12.4 Å². The van der Waals surface area contributed by atoms with Crippen molar-refractivity contribution in [3.63, 3.8) is 0 Å². The van der Waals surface area contributed by atoms with Crippen molar-refractivity contribution in [1.29, 1.82) is 0 Å². The molecule has 0 fully saturated rings. The number of rotatable bonds is 5. The fraction of sp³-hybridized carbons (Fsp3) is 0.417. The van der Waals surface area contributed by atoms with Gasteiger partial charge in [-0.05, 0) is 32.0 Å². The van der Waals surface area contributed by atoms with E-state index in [0.29, 0.717) is 22.3 Å². The highest BCUT2D eigenvalue weighted by molar-refractivity contribution is 6.35. The Morgan fingerprint density at radius 3 is 2.58 bits per heavy atom. The zero-order chi connectivity index (χ0) is 13.8. The van der Waals surface area contributed by atoms with Gasteiger partial charge in [-0.2, -0.15) is 0 Å². The number of nitrogens with two attached hydrogens (primary N) is 1. The predicted octanol–water partition coefficient (Wildman–Crippen LogP) is 2.65. The van der Waals surface area contributed by atoms with Crippen molar-refractivity contribution in [2.75, 3.05) is 13.2 Å². The topological polar surface area (TPSA) is 64.3 Å². The molecule has 1 amide bonds. The Labute approximate surface area is 129 Å². The average molecular weight is 328 g/mol. The minimum absolute atomic E-state index is 0. The van der Waals surface area contributed by atoms with E-state index in [1.165, 1.54) is 0 Å². The first-order chi connectivity index (χ1) is 8.34. The largest absolute Gasteiger partial charge is 0.482 e. The van der Waals surface area contributed by atoms with Gasteiger partial charge in [0.05, 0.1) is 5.02 Å². The third-order valence-electron chi connectivity index (χ3n) is 2.24. The lowest BCUT2D eigenvalue weighted by Gasteiger charge is -2.24. The Morgan fingerprint density at radius 2 is 2.05 bits per heavy atom. The summed E-state index contributed by atoms with van der Waals surface area (Å²) in [5, 5.41) is 3.63. The van der Waals surface area contributed by atoms with Crippen molar-refractivity contribution < 1.29 is 9.53 Å². The third-order valence-corrected chi connectivity index (χ3v) is 2.77. The van der Waals surface area contributed by atoms with Gasteiger partial charge in [-0.25, -0.2) is 0 Å². The van der Waals surface area contributed by atoms with Crippen LogP contribution in [-0.2, 0) is 4.79 Å². The maximum absolute atomic E-state index is 11.6. The molecule has 7 heteroatoms. The van der Waals surface area contributed by atoms with Crippen LogP contribution in [0.1, 0.15) is 13.8 Å². The Morgan fingerprint density at radius 1 is 1.42 bits per heavy atom. The molecule has 108 valence electrons. The van der Waals surface area contributed by atoms with Gasteiger partial charge in [0.2, 0.25) is 0 Å². The maximum Gasteiger partial charge on any atom is 0.258 e. The summed E-state index contributed by atoms with van der Waals surface area (Å²) in [5.74, 6) is 0.165. The lowest BCUT2D eigenvalue weighted by molar-refractivity contribution is -0.124. The lowest BCUT2D eigenvalue weighted by atomic mass is 10.1. The number of carbonyl (C=O) groups excluding carboxylic acids is 1. The summed E-state index contributed by atoms with van der Waals surface area (Å²) in [6.07, 6.45) is 0. The summed E-state index contributed by atoms with van der Waals surface area (Å²) in [7, 11) is 0. The molecule has 4 nitrogen and oxygen atoms in total. The molecule has 1 aromatic carbocycles. The SMILES string of the molecule is CC(C)(CN)NC(=O)COc1ccc(Cl)cc1Cl.Cl. The molecule has 3 N–H and O–H groups in total. The molecule has 0 spiro atoms. The molecule has 0 atom stereocenters. The van der Waals surface area contributed by atoms with E-state index in [1.54, 1.807) is 18.2 Å². The van der Waals surface area contributed by atoms with Gasteiger partial charge in [-0.3, -0.25) is 4.79 Å². The van der Waals surface area contributed by atoms with Crippen molar-refractivity contribution >= 4 is 41.5 Å². The molecular formula is C12H17Cl3N2O2. The zero-order valence-electron chi connectivity index (χ0n) is 10.7. The summed E-state index contributed by atoms with van der Waals surface area (Å²) in [6.45, 7) is 3.89. The van der Waals surface area contributed by atoms with Crippen molar-refractivity contribution in [2.45, 2.75) is 19.4 Å². The van der Waals surface area contributed by atoms with Crippen LogP contribution in [-0.4, -0.2) is 24.6 Å². The van der Waals surface area contributed by atoms with Gasteiger partial charge >= 0.3 is 0 Å². The Bertz CT molecular complexity index is 439. The monoisotopic (exact) mass is 326 g/mol. The van der Waals surface area contributed by atoms with Gasteiger partial charge < -0.3 is 15.8 Å². The Hall–Kier alpha value is -0.680. The van der Waals surface area contributed by atoms with Gasteiger partial charge in [-0.1, -0.05) is 23.2 Å². The first kappa shape index (κ1) is 18.3. The third kappa shape index (κ3) is 6.34. The number of amides is 1. The average Bonchev–Trinajstić information content (AvgIpc) is 2.27. The van der Waals surface area contributed by atoms with Crippen LogP contribution >= 0.6 is 35.6 Å². The molecule has 0 aliphatic carbocycles.